The molecule has 3 rings (SSSR count). The number of carbonyl (C=O) groups is 1. The van der Waals surface area contributed by atoms with Crippen molar-refractivity contribution in [2.24, 2.45) is 14.1 Å². The van der Waals surface area contributed by atoms with Gasteiger partial charge in [-0.05, 0) is 32.3 Å². The van der Waals surface area contributed by atoms with E-state index in [1.54, 1.807) is 6.20 Å². The largest absolute Gasteiger partial charge is 0.342 e. The minimum atomic E-state index is 0.238. The molecule has 1 aliphatic heterocycles. The van der Waals surface area contributed by atoms with E-state index in [-0.39, 0.29) is 5.91 Å². The summed E-state index contributed by atoms with van der Waals surface area (Å²) in [5.41, 5.74) is 2.15. The van der Waals surface area contributed by atoms with Gasteiger partial charge in [-0.15, -0.1) is 0 Å². The first kappa shape index (κ1) is 15.8. The molecule has 1 aliphatic rings. The van der Waals surface area contributed by atoms with Crippen molar-refractivity contribution < 1.29 is 4.79 Å². The van der Waals surface area contributed by atoms with E-state index in [0.29, 0.717) is 12.3 Å². The molecule has 1 saturated heterocycles. The highest BCUT2D eigenvalue weighted by atomic mass is 16.2. The third kappa shape index (κ3) is 3.46. The van der Waals surface area contributed by atoms with Crippen molar-refractivity contribution >= 4 is 5.91 Å². The molecule has 0 radical (unpaired) electrons. The summed E-state index contributed by atoms with van der Waals surface area (Å²) in [5.74, 6) is 1.69. The van der Waals surface area contributed by atoms with Crippen LogP contribution in [0.1, 0.15) is 42.4 Å². The molecule has 6 nitrogen and oxygen atoms in total. The second-order valence-electron chi connectivity index (χ2n) is 6.48. The van der Waals surface area contributed by atoms with E-state index in [2.05, 4.69) is 20.8 Å². The number of piperidine rings is 1. The first-order valence-electron chi connectivity index (χ1n) is 8.29. The summed E-state index contributed by atoms with van der Waals surface area (Å²) in [5, 5.41) is 4.15. The molecule has 2 aromatic heterocycles. The topological polar surface area (TPSA) is 56.0 Å². The van der Waals surface area contributed by atoms with Gasteiger partial charge >= 0.3 is 0 Å². The molecule has 1 atom stereocenters. The highest BCUT2D eigenvalue weighted by Crippen LogP contribution is 2.26. The number of aryl methyl sites for hydroxylation is 4. The third-order valence-corrected chi connectivity index (χ3v) is 4.69. The summed E-state index contributed by atoms with van der Waals surface area (Å²) < 4.78 is 3.94. The van der Waals surface area contributed by atoms with Crippen molar-refractivity contribution in [1.82, 2.24) is 24.2 Å². The highest BCUT2D eigenvalue weighted by Gasteiger charge is 2.27. The quantitative estimate of drug-likeness (QED) is 0.864. The minimum Gasteiger partial charge on any atom is -0.342 e. The van der Waals surface area contributed by atoms with E-state index in [0.717, 1.165) is 49.6 Å². The number of hydrogen-bond acceptors (Lipinski definition) is 3. The molecule has 2 aromatic rings. The summed E-state index contributed by atoms with van der Waals surface area (Å²) >= 11 is 0. The van der Waals surface area contributed by atoms with E-state index in [1.165, 1.54) is 0 Å². The Labute approximate surface area is 137 Å². The van der Waals surface area contributed by atoms with Crippen LogP contribution in [0.4, 0.5) is 0 Å². The summed E-state index contributed by atoms with van der Waals surface area (Å²) in [6.45, 7) is 3.67. The van der Waals surface area contributed by atoms with Crippen LogP contribution in [0.2, 0.25) is 0 Å². The maximum Gasteiger partial charge on any atom is 0.222 e. The van der Waals surface area contributed by atoms with Crippen molar-refractivity contribution in [2.45, 2.75) is 38.5 Å². The van der Waals surface area contributed by atoms with Gasteiger partial charge in [0.05, 0.1) is 5.69 Å². The molecule has 0 aliphatic carbocycles. The Bertz CT molecular complexity index is 687. The first-order valence-corrected chi connectivity index (χ1v) is 8.29. The highest BCUT2D eigenvalue weighted by molar-refractivity contribution is 5.76. The van der Waals surface area contributed by atoms with Gasteiger partial charge in [-0.1, -0.05) is 0 Å². The standard InChI is InChI=1S/C17H25N5O/c1-13-11-20(2)17(19-13)14-5-4-10-22(12-14)16(23)7-6-15-8-9-18-21(15)3/h8-9,11,14H,4-7,10,12H2,1-3H3. The molecule has 0 N–H and O–H groups in total. The Hall–Kier alpha value is -2.11. The number of rotatable bonds is 4. The van der Waals surface area contributed by atoms with Gasteiger partial charge in [0, 0.05) is 57.6 Å². The molecule has 1 fully saturated rings. The van der Waals surface area contributed by atoms with E-state index < -0.39 is 0 Å². The van der Waals surface area contributed by atoms with Gasteiger partial charge in [0.25, 0.3) is 0 Å². The summed E-state index contributed by atoms with van der Waals surface area (Å²) in [6.07, 6.45) is 7.28. The van der Waals surface area contributed by atoms with Crippen molar-refractivity contribution in [3.8, 4) is 0 Å². The number of imidazole rings is 1. The predicted octanol–water partition coefficient (Wildman–Crippen LogP) is 1.80. The molecule has 1 unspecified atom stereocenters. The zero-order valence-electron chi connectivity index (χ0n) is 14.2. The minimum absolute atomic E-state index is 0.238. The van der Waals surface area contributed by atoms with Crippen LogP contribution in [0.3, 0.4) is 0 Å². The Kier molecular flexibility index (Phi) is 4.50. The second kappa shape index (κ2) is 6.56. The van der Waals surface area contributed by atoms with E-state index in [1.807, 2.05) is 36.7 Å². The molecular formula is C17H25N5O. The van der Waals surface area contributed by atoms with Crippen LogP contribution in [0.25, 0.3) is 0 Å². The van der Waals surface area contributed by atoms with E-state index in [4.69, 9.17) is 0 Å². The summed E-state index contributed by atoms with van der Waals surface area (Å²) in [7, 11) is 3.96. The average molecular weight is 315 g/mol. The Balaban J connectivity index is 1.60. The van der Waals surface area contributed by atoms with Gasteiger partial charge in [-0.2, -0.15) is 5.10 Å². The van der Waals surface area contributed by atoms with Gasteiger partial charge in [-0.25, -0.2) is 4.98 Å². The molecule has 1 amide bonds. The maximum absolute atomic E-state index is 12.5. The average Bonchev–Trinajstić information content (AvgIpc) is 3.10. The van der Waals surface area contributed by atoms with Crippen LogP contribution in [0, 0.1) is 6.92 Å². The fourth-order valence-corrected chi connectivity index (χ4v) is 3.47. The predicted molar refractivity (Wildman–Crippen MR) is 88.0 cm³/mol. The van der Waals surface area contributed by atoms with Gasteiger partial charge in [0.1, 0.15) is 5.82 Å². The number of carbonyl (C=O) groups excluding carboxylic acids is 1. The lowest BCUT2D eigenvalue weighted by molar-refractivity contribution is -0.132. The van der Waals surface area contributed by atoms with Crippen LogP contribution in [-0.4, -0.2) is 43.2 Å². The third-order valence-electron chi connectivity index (χ3n) is 4.69. The van der Waals surface area contributed by atoms with Crippen molar-refractivity contribution in [1.29, 1.82) is 0 Å². The first-order chi connectivity index (χ1) is 11.0. The normalized spacial score (nSPS) is 18.4. The molecule has 0 aromatic carbocycles. The Morgan fingerprint density at radius 1 is 1.39 bits per heavy atom. The zero-order valence-corrected chi connectivity index (χ0v) is 14.2. The number of hydrogen-bond donors (Lipinski definition) is 0. The number of amides is 1. The fraction of sp³-hybridized carbons (Fsp3) is 0.588. The smallest absolute Gasteiger partial charge is 0.222 e. The lowest BCUT2D eigenvalue weighted by Crippen LogP contribution is -2.39. The van der Waals surface area contributed by atoms with Crippen LogP contribution in [0.15, 0.2) is 18.5 Å². The van der Waals surface area contributed by atoms with E-state index in [9.17, 15) is 4.79 Å². The van der Waals surface area contributed by atoms with Crippen molar-refractivity contribution in [3.63, 3.8) is 0 Å². The number of likely N-dealkylation sites (tertiary alicyclic amines) is 1. The second-order valence-corrected chi connectivity index (χ2v) is 6.48. The lowest BCUT2D eigenvalue weighted by atomic mass is 9.96. The van der Waals surface area contributed by atoms with Gasteiger partial charge < -0.3 is 9.47 Å². The molecule has 124 valence electrons. The zero-order chi connectivity index (χ0) is 16.4. The summed E-state index contributed by atoms with van der Waals surface area (Å²) in [6, 6.07) is 1.98. The Morgan fingerprint density at radius 2 is 2.22 bits per heavy atom. The molecule has 0 bridgehead atoms. The fourth-order valence-electron chi connectivity index (χ4n) is 3.47. The van der Waals surface area contributed by atoms with Gasteiger partial charge in [0.15, 0.2) is 0 Å². The molecule has 0 saturated carbocycles. The Morgan fingerprint density at radius 3 is 2.87 bits per heavy atom. The SMILES string of the molecule is Cc1cn(C)c(C2CCCN(C(=O)CCc3ccnn3C)C2)n1. The van der Waals surface area contributed by atoms with Crippen LogP contribution >= 0.6 is 0 Å². The van der Waals surface area contributed by atoms with Crippen molar-refractivity contribution in [3.05, 3.63) is 35.7 Å². The lowest BCUT2D eigenvalue weighted by Gasteiger charge is -2.32. The molecule has 0 spiro atoms. The van der Waals surface area contributed by atoms with E-state index >= 15 is 0 Å². The number of nitrogens with zero attached hydrogens (tertiary/aromatic N) is 5. The van der Waals surface area contributed by atoms with Crippen LogP contribution in [0.5, 0.6) is 0 Å². The summed E-state index contributed by atoms with van der Waals surface area (Å²) in [4.78, 5) is 19.2. The van der Waals surface area contributed by atoms with Gasteiger partial charge in [-0.3, -0.25) is 9.48 Å². The molecule has 3 heterocycles. The maximum atomic E-state index is 12.5. The van der Waals surface area contributed by atoms with Crippen LogP contribution in [-0.2, 0) is 25.3 Å². The van der Waals surface area contributed by atoms with Gasteiger partial charge in [0.2, 0.25) is 5.91 Å². The van der Waals surface area contributed by atoms with Crippen LogP contribution < -0.4 is 0 Å². The van der Waals surface area contributed by atoms with Crippen molar-refractivity contribution in [2.75, 3.05) is 13.1 Å². The molecule has 23 heavy (non-hydrogen) atoms. The molecule has 6 heteroatoms. The monoisotopic (exact) mass is 315 g/mol. The molecular weight excluding hydrogens is 290 g/mol. The number of aromatic nitrogens is 4.